The van der Waals surface area contributed by atoms with E-state index < -0.39 is 0 Å². The van der Waals surface area contributed by atoms with E-state index in [0.717, 1.165) is 12.3 Å². The van der Waals surface area contributed by atoms with Crippen LogP contribution in [0.2, 0.25) is 0 Å². The fraction of sp³-hybridized carbons (Fsp3) is 0.667. The first-order valence-electron chi connectivity index (χ1n) is 6.89. The van der Waals surface area contributed by atoms with Crippen molar-refractivity contribution in [3.8, 4) is 0 Å². The second-order valence-corrected chi connectivity index (χ2v) is 5.26. The maximum atomic E-state index is 4.52. The van der Waals surface area contributed by atoms with E-state index in [-0.39, 0.29) is 0 Å². The zero-order chi connectivity index (χ0) is 12.1. The van der Waals surface area contributed by atoms with Crippen molar-refractivity contribution in [3.63, 3.8) is 0 Å². The molecule has 1 aromatic heterocycles. The number of aryl methyl sites for hydroxylation is 1. The fourth-order valence-corrected chi connectivity index (χ4v) is 2.98. The molecule has 2 heteroatoms. The second-order valence-electron chi connectivity index (χ2n) is 5.26. The monoisotopic (exact) mass is 232 g/mol. The number of pyridine rings is 1. The van der Waals surface area contributed by atoms with E-state index >= 15 is 0 Å². The van der Waals surface area contributed by atoms with Crippen LogP contribution >= 0.6 is 0 Å². The Morgan fingerprint density at radius 1 is 1.35 bits per heavy atom. The lowest BCUT2D eigenvalue weighted by Gasteiger charge is -2.30. The Bertz CT molecular complexity index is 343. The maximum Gasteiger partial charge on any atom is 0.0448 e. The average Bonchev–Trinajstić information content (AvgIpc) is 2.39. The van der Waals surface area contributed by atoms with Crippen LogP contribution in [0, 0.1) is 12.8 Å². The third kappa shape index (κ3) is 3.29. The highest BCUT2D eigenvalue weighted by Gasteiger charge is 2.23. The van der Waals surface area contributed by atoms with Crippen LogP contribution in [0.15, 0.2) is 18.3 Å². The standard InChI is InChI=1S/C15H24N2/c1-12-7-6-10-17-14(12)11-15(16-2)13-8-4-3-5-9-13/h6-7,10,13,15-16H,3-5,8-9,11H2,1-2H3. The zero-order valence-corrected chi connectivity index (χ0v) is 11.1. The summed E-state index contributed by atoms with van der Waals surface area (Å²) >= 11 is 0. The number of nitrogens with one attached hydrogen (secondary N) is 1. The molecule has 94 valence electrons. The van der Waals surface area contributed by atoms with Gasteiger partial charge in [-0.1, -0.05) is 25.3 Å². The molecule has 0 aromatic carbocycles. The molecule has 1 unspecified atom stereocenters. The second kappa shape index (κ2) is 6.15. The van der Waals surface area contributed by atoms with Crippen molar-refractivity contribution in [2.45, 2.75) is 51.5 Å². The lowest BCUT2D eigenvalue weighted by molar-refractivity contribution is 0.275. The molecule has 1 saturated carbocycles. The Labute approximate surface area is 105 Å². The molecule has 1 N–H and O–H groups in total. The highest BCUT2D eigenvalue weighted by atomic mass is 14.9. The Morgan fingerprint density at radius 2 is 2.12 bits per heavy atom. The SMILES string of the molecule is CNC(Cc1ncccc1C)C1CCCCC1. The van der Waals surface area contributed by atoms with Gasteiger partial charge in [-0.2, -0.15) is 0 Å². The summed E-state index contributed by atoms with van der Waals surface area (Å²) in [6.07, 6.45) is 10.0. The normalized spacial score (nSPS) is 19.2. The van der Waals surface area contributed by atoms with E-state index in [2.05, 4.69) is 30.3 Å². The van der Waals surface area contributed by atoms with Crippen LogP contribution in [0.5, 0.6) is 0 Å². The molecule has 2 rings (SSSR count). The predicted octanol–water partition coefficient (Wildman–Crippen LogP) is 3.10. The molecule has 0 saturated heterocycles. The van der Waals surface area contributed by atoms with Crippen molar-refractivity contribution in [3.05, 3.63) is 29.6 Å². The molecule has 1 atom stereocenters. The Morgan fingerprint density at radius 3 is 2.76 bits per heavy atom. The van der Waals surface area contributed by atoms with Crippen LogP contribution in [0.4, 0.5) is 0 Å². The van der Waals surface area contributed by atoms with Gasteiger partial charge < -0.3 is 5.32 Å². The van der Waals surface area contributed by atoms with Gasteiger partial charge in [0.05, 0.1) is 0 Å². The van der Waals surface area contributed by atoms with Gasteiger partial charge >= 0.3 is 0 Å². The molecular weight excluding hydrogens is 208 g/mol. The first-order chi connectivity index (χ1) is 8.31. The summed E-state index contributed by atoms with van der Waals surface area (Å²) in [6, 6.07) is 4.79. The molecule has 0 aliphatic heterocycles. The van der Waals surface area contributed by atoms with Crippen molar-refractivity contribution < 1.29 is 0 Å². The lowest BCUT2D eigenvalue weighted by Crippen LogP contribution is -2.37. The number of likely N-dealkylation sites (N-methyl/N-ethyl adjacent to an activating group) is 1. The molecule has 17 heavy (non-hydrogen) atoms. The van der Waals surface area contributed by atoms with E-state index in [4.69, 9.17) is 0 Å². The van der Waals surface area contributed by atoms with Gasteiger partial charge in [0.1, 0.15) is 0 Å². The summed E-state index contributed by atoms with van der Waals surface area (Å²) in [6.45, 7) is 2.16. The van der Waals surface area contributed by atoms with E-state index in [1.165, 1.54) is 43.4 Å². The van der Waals surface area contributed by atoms with Crippen LogP contribution in [0.1, 0.15) is 43.4 Å². The van der Waals surface area contributed by atoms with E-state index in [1.807, 2.05) is 12.3 Å². The molecule has 1 aliphatic carbocycles. The fourth-order valence-electron chi connectivity index (χ4n) is 2.98. The topological polar surface area (TPSA) is 24.9 Å². The number of hydrogen-bond donors (Lipinski definition) is 1. The third-order valence-electron chi connectivity index (χ3n) is 4.12. The van der Waals surface area contributed by atoms with Crippen molar-refractivity contribution >= 4 is 0 Å². The van der Waals surface area contributed by atoms with Gasteiger partial charge in [-0.3, -0.25) is 4.98 Å². The van der Waals surface area contributed by atoms with Crippen molar-refractivity contribution in [1.82, 2.24) is 10.3 Å². The number of hydrogen-bond acceptors (Lipinski definition) is 2. The van der Waals surface area contributed by atoms with Gasteiger partial charge in [-0.05, 0) is 44.4 Å². The van der Waals surface area contributed by atoms with Crippen LogP contribution in [-0.2, 0) is 6.42 Å². The van der Waals surface area contributed by atoms with Crippen LogP contribution in [0.25, 0.3) is 0 Å². The van der Waals surface area contributed by atoms with Gasteiger partial charge in [0.15, 0.2) is 0 Å². The minimum absolute atomic E-state index is 0.601. The number of nitrogens with zero attached hydrogens (tertiary/aromatic N) is 1. The molecule has 1 aliphatic rings. The summed E-state index contributed by atoms with van der Waals surface area (Å²) in [5, 5.41) is 3.51. The largest absolute Gasteiger partial charge is 0.316 e. The molecule has 0 spiro atoms. The number of rotatable bonds is 4. The molecule has 0 amide bonds. The highest BCUT2D eigenvalue weighted by Crippen LogP contribution is 2.27. The summed E-state index contributed by atoms with van der Waals surface area (Å²) in [5.41, 5.74) is 2.58. The van der Waals surface area contributed by atoms with Crippen molar-refractivity contribution in [2.75, 3.05) is 7.05 Å². The molecule has 1 heterocycles. The third-order valence-corrected chi connectivity index (χ3v) is 4.12. The molecule has 0 bridgehead atoms. The average molecular weight is 232 g/mol. The summed E-state index contributed by atoms with van der Waals surface area (Å²) in [5.74, 6) is 0.843. The molecule has 2 nitrogen and oxygen atoms in total. The van der Waals surface area contributed by atoms with Crippen molar-refractivity contribution in [2.24, 2.45) is 5.92 Å². The quantitative estimate of drug-likeness (QED) is 0.863. The van der Waals surface area contributed by atoms with E-state index in [9.17, 15) is 0 Å². The smallest absolute Gasteiger partial charge is 0.0448 e. The maximum absolute atomic E-state index is 4.52. The minimum atomic E-state index is 0.601. The molecule has 1 aromatic rings. The highest BCUT2D eigenvalue weighted by molar-refractivity contribution is 5.18. The summed E-state index contributed by atoms with van der Waals surface area (Å²) < 4.78 is 0. The summed E-state index contributed by atoms with van der Waals surface area (Å²) in [4.78, 5) is 4.52. The summed E-state index contributed by atoms with van der Waals surface area (Å²) in [7, 11) is 2.09. The van der Waals surface area contributed by atoms with Gasteiger partial charge in [-0.15, -0.1) is 0 Å². The molecule has 1 fully saturated rings. The zero-order valence-electron chi connectivity index (χ0n) is 11.1. The molecular formula is C15H24N2. The number of aromatic nitrogens is 1. The Balaban J connectivity index is 2.01. The van der Waals surface area contributed by atoms with Crippen LogP contribution in [0.3, 0.4) is 0 Å². The first-order valence-corrected chi connectivity index (χ1v) is 6.89. The van der Waals surface area contributed by atoms with Crippen molar-refractivity contribution in [1.29, 1.82) is 0 Å². The van der Waals surface area contributed by atoms with E-state index in [0.29, 0.717) is 6.04 Å². The van der Waals surface area contributed by atoms with Gasteiger partial charge in [0.25, 0.3) is 0 Å². The van der Waals surface area contributed by atoms with Gasteiger partial charge in [0.2, 0.25) is 0 Å². The lowest BCUT2D eigenvalue weighted by atomic mass is 9.82. The predicted molar refractivity (Wildman–Crippen MR) is 72.1 cm³/mol. The van der Waals surface area contributed by atoms with Crippen LogP contribution < -0.4 is 5.32 Å². The van der Waals surface area contributed by atoms with Gasteiger partial charge in [0, 0.05) is 24.4 Å². The molecule has 0 radical (unpaired) electrons. The Kier molecular flexibility index (Phi) is 4.55. The first kappa shape index (κ1) is 12.6. The van der Waals surface area contributed by atoms with Gasteiger partial charge in [-0.25, -0.2) is 0 Å². The van der Waals surface area contributed by atoms with E-state index in [1.54, 1.807) is 0 Å². The minimum Gasteiger partial charge on any atom is -0.316 e. The Hall–Kier alpha value is -0.890. The van der Waals surface area contributed by atoms with Crippen LogP contribution in [-0.4, -0.2) is 18.1 Å².